The molecule has 0 atom stereocenters. The third-order valence-electron chi connectivity index (χ3n) is 2.71. The number of nitrogens with zero attached hydrogens (tertiary/aromatic N) is 3. The van der Waals surface area contributed by atoms with Gasteiger partial charge in [-0.05, 0) is 24.3 Å². The van der Waals surface area contributed by atoms with Crippen LogP contribution in [0.5, 0.6) is 11.5 Å². The molecule has 0 radical (unpaired) electrons. The molecule has 0 spiro atoms. The van der Waals surface area contributed by atoms with Gasteiger partial charge in [-0.25, -0.2) is 5.14 Å². The summed E-state index contributed by atoms with van der Waals surface area (Å²) in [6.45, 7) is 0. The van der Waals surface area contributed by atoms with Crippen molar-refractivity contribution in [3.8, 4) is 11.5 Å². The summed E-state index contributed by atoms with van der Waals surface area (Å²) in [6.07, 6.45) is -0.796. The molecule has 0 bridgehead atoms. The standard InChI is InChI=1S/C13H10N4O8S/c14-26(22,23)15-13(24-11-5-1-9(2-6-11)16(18)19)25-12-7-3-10(4-8-12)17(20)21/h1-8H,(H2,14,22,23). The van der Waals surface area contributed by atoms with Crippen molar-refractivity contribution >= 4 is 27.7 Å². The van der Waals surface area contributed by atoms with Crippen LogP contribution in [0.15, 0.2) is 52.9 Å². The average molecular weight is 382 g/mol. The molecule has 2 rings (SSSR count). The summed E-state index contributed by atoms with van der Waals surface area (Å²) in [5.41, 5.74) is -0.419. The summed E-state index contributed by atoms with van der Waals surface area (Å²) in [4.78, 5) is 20.0. The van der Waals surface area contributed by atoms with Gasteiger partial charge in [0.15, 0.2) is 0 Å². The van der Waals surface area contributed by atoms with Crippen LogP contribution in [0.3, 0.4) is 0 Å². The highest BCUT2D eigenvalue weighted by Crippen LogP contribution is 2.20. The van der Waals surface area contributed by atoms with Crippen LogP contribution in [-0.2, 0) is 10.2 Å². The minimum absolute atomic E-state index is 0.0140. The first-order valence-electron chi connectivity index (χ1n) is 6.61. The molecule has 2 N–H and O–H groups in total. The van der Waals surface area contributed by atoms with Gasteiger partial charge < -0.3 is 9.47 Å². The predicted molar refractivity (Wildman–Crippen MR) is 88.0 cm³/mol. The molecule has 0 heterocycles. The molecule has 0 unspecified atom stereocenters. The Hall–Kier alpha value is -3.58. The smallest absolute Gasteiger partial charge is 0.410 e. The van der Waals surface area contributed by atoms with Gasteiger partial charge in [-0.2, -0.15) is 8.42 Å². The van der Waals surface area contributed by atoms with E-state index in [1.165, 1.54) is 24.3 Å². The average Bonchev–Trinajstić information content (AvgIpc) is 2.54. The molecule has 0 aromatic heterocycles. The van der Waals surface area contributed by atoms with Crippen LogP contribution in [0.1, 0.15) is 0 Å². The molecule has 136 valence electrons. The van der Waals surface area contributed by atoms with Crippen molar-refractivity contribution in [2.24, 2.45) is 9.54 Å². The van der Waals surface area contributed by atoms with E-state index in [1.54, 1.807) is 0 Å². The molecule has 26 heavy (non-hydrogen) atoms. The first-order chi connectivity index (χ1) is 12.1. The molecule has 0 fully saturated rings. The van der Waals surface area contributed by atoms with E-state index in [9.17, 15) is 28.6 Å². The van der Waals surface area contributed by atoms with Crippen molar-refractivity contribution < 1.29 is 27.7 Å². The van der Waals surface area contributed by atoms with E-state index < -0.39 is 26.1 Å². The minimum atomic E-state index is -4.39. The fraction of sp³-hybridized carbons (Fsp3) is 0. The Labute approximate surface area is 146 Å². The van der Waals surface area contributed by atoms with Gasteiger partial charge in [0.05, 0.1) is 9.85 Å². The van der Waals surface area contributed by atoms with Gasteiger partial charge in [0.25, 0.3) is 11.4 Å². The van der Waals surface area contributed by atoms with Crippen LogP contribution in [0.2, 0.25) is 0 Å². The first kappa shape index (κ1) is 18.8. The summed E-state index contributed by atoms with van der Waals surface area (Å²) < 4.78 is 35.6. The molecule has 0 saturated heterocycles. The summed E-state index contributed by atoms with van der Waals surface area (Å²) in [5.74, 6) is -0.0279. The summed E-state index contributed by atoms with van der Waals surface area (Å²) in [5, 5.41) is 26.0. The predicted octanol–water partition coefficient (Wildman–Crippen LogP) is 1.52. The number of hydrogen-bond donors (Lipinski definition) is 1. The third kappa shape index (κ3) is 5.50. The molecule has 2 aromatic rings. The van der Waals surface area contributed by atoms with E-state index in [4.69, 9.17) is 14.6 Å². The second-order valence-electron chi connectivity index (χ2n) is 4.58. The van der Waals surface area contributed by atoms with Crippen molar-refractivity contribution in [1.82, 2.24) is 0 Å². The van der Waals surface area contributed by atoms with Crippen LogP contribution in [0, 0.1) is 20.2 Å². The third-order valence-corrected chi connectivity index (χ3v) is 3.11. The number of nitro groups is 2. The van der Waals surface area contributed by atoms with Gasteiger partial charge in [-0.3, -0.25) is 20.2 Å². The van der Waals surface area contributed by atoms with Gasteiger partial charge in [0.2, 0.25) is 0 Å². The highest BCUT2D eigenvalue weighted by atomic mass is 32.2. The lowest BCUT2D eigenvalue weighted by Gasteiger charge is -2.09. The minimum Gasteiger partial charge on any atom is -0.410 e. The normalized spacial score (nSPS) is 10.7. The molecule has 0 saturated carbocycles. The fourth-order valence-corrected chi connectivity index (χ4v) is 1.92. The molecule has 0 aliphatic rings. The van der Waals surface area contributed by atoms with E-state index in [-0.39, 0.29) is 22.9 Å². The van der Waals surface area contributed by atoms with Crippen LogP contribution in [0.4, 0.5) is 11.4 Å². The number of benzene rings is 2. The first-order valence-corrected chi connectivity index (χ1v) is 8.12. The highest BCUT2D eigenvalue weighted by molar-refractivity contribution is 7.87. The monoisotopic (exact) mass is 382 g/mol. The lowest BCUT2D eigenvalue weighted by molar-refractivity contribution is -0.385. The maximum absolute atomic E-state index is 11.2. The topological polar surface area (TPSA) is 177 Å². The Morgan fingerprint density at radius 1 is 0.846 bits per heavy atom. The number of ether oxygens (including phenoxy) is 2. The largest absolute Gasteiger partial charge is 0.411 e. The van der Waals surface area contributed by atoms with Crippen LogP contribution in [0.25, 0.3) is 0 Å². The Balaban J connectivity index is 2.25. The molecule has 0 aliphatic heterocycles. The maximum atomic E-state index is 11.2. The van der Waals surface area contributed by atoms with E-state index >= 15 is 0 Å². The van der Waals surface area contributed by atoms with Crippen molar-refractivity contribution in [2.75, 3.05) is 0 Å². The number of rotatable bonds is 5. The zero-order chi connectivity index (χ0) is 19.3. The zero-order valence-corrected chi connectivity index (χ0v) is 13.5. The SMILES string of the molecule is NS(=O)(=O)N=C(Oc1ccc([N+](=O)[O-])cc1)Oc1ccc([N+](=O)[O-])cc1. The Kier molecular flexibility index (Phi) is 5.44. The van der Waals surface area contributed by atoms with Crippen LogP contribution in [-0.4, -0.2) is 24.3 Å². The van der Waals surface area contributed by atoms with Crippen molar-refractivity contribution in [2.45, 2.75) is 0 Å². The summed E-state index contributed by atoms with van der Waals surface area (Å²) in [7, 11) is -4.39. The molecule has 13 heteroatoms. The second-order valence-corrected chi connectivity index (χ2v) is 5.79. The van der Waals surface area contributed by atoms with Crippen molar-refractivity contribution in [1.29, 1.82) is 0 Å². The Bertz CT molecular complexity index is 893. The summed E-state index contributed by atoms with van der Waals surface area (Å²) in [6, 6.07) is 9.25. The van der Waals surface area contributed by atoms with E-state index in [0.717, 1.165) is 24.3 Å². The van der Waals surface area contributed by atoms with Gasteiger partial charge in [0, 0.05) is 24.3 Å². The molecule has 2 aromatic carbocycles. The van der Waals surface area contributed by atoms with Gasteiger partial charge >= 0.3 is 16.3 Å². The number of hydrogen-bond acceptors (Lipinski definition) is 8. The van der Waals surface area contributed by atoms with Gasteiger partial charge in [0.1, 0.15) is 11.5 Å². The van der Waals surface area contributed by atoms with E-state index in [1.807, 2.05) is 0 Å². The Morgan fingerprint density at radius 2 is 1.19 bits per heavy atom. The lowest BCUT2D eigenvalue weighted by atomic mass is 10.3. The van der Waals surface area contributed by atoms with E-state index in [2.05, 4.69) is 4.40 Å². The lowest BCUT2D eigenvalue weighted by Crippen LogP contribution is -2.21. The Morgan fingerprint density at radius 3 is 1.46 bits per heavy atom. The number of nitro benzene ring substituents is 2. The molecule has 0 amide bonds. The van der Waals surface area contributed by atoms with Gasteiger partial charge in [-0.1, -0.05) is 4.40 Å². The number of non-ortho nitro benzene ring substituents is 2. The molecular weight excluding hydrogens is 372 g/mol. The van der Waals surface area contributed by atoms with Crippen LogP contribution >= 0.6 is 0 Å². The zero-order valence-electron chi connectivity index (χ0n) is 12.7. The van der Waals surface area contributed by atoms with Crippen molar-refractivity contribution in [3.05, 3.63) is 68.8 Å². The number of nitrogens with two attached hydrogens (primary N) is 1. The van der Waals surface area contributed by atoms with Gasteiger partial charge in [-0.15, -0.1) is 0 Å². The van der Waals surface area contributed by atoms with Crippen LogP contribution < -0.4 is 14.6 Å². The fourth-order valence-electron chi connectivity index (χ4n) is 1.64. The quantitative estimate of drug-likeness (QED) is 0.350. The summed E-state index contributed by atoms with van der Waals surface area (Å²) >= 11 is 0. The second kappa shape index (κ2) is 7.54. The highest BCUT2D eigenvalue weighted by Gasteiger charge is 2.14. The molecular formula is C13H10N4O8S. The van der Waals surface area contributed by atoms with E-state index in [0.29, 0.717) is 0 Å². The van der Waals surface area contributed by atoms with Crippen molar-refractivity contribution in [3.63, 3.8) is 0 Å². The molecule has 12 nitrogen and oxygen atoms in total. The maximum Gasteiger partial charge on any atom is 0.411 e. The molecule has 0 aliphatic carbocycles.